The normalized spacial score (nSPS) is 12.7. The van der Waals surface area contributed by atoms with E-state index in [1.165, 1.54) is 23.5 Å². The predicted molar refractivity (Wildman–Crippen MR) is 93.7 cm³/mol. The molecule has 1 aliphatic heterocycles. The largest absolute Gasteiger partial charge is 0.454 e. The van der Waals surface area contributed by atoms with Gasteiger partial charge in [0, 0.05) is 18.2 Å². The van der Waals surface area contributed by atoms with Gasteiger partial charge in [0.05, 0.1) is 0 Å². The molecule has 3 heterocycles. The van der Waals surface area contributed by atoms with Crippen molar-refractivity contribution in [3.8, 4) is 11.5 Å². The Morgan fingerprint density at radius 3 is 2.70 bits per heavy atom. The number of benzene rings is 2. The lowest BCUT2D eigenvalue weighted by Gasteiger charge is -2.02. The van der Waals surface area contributed by atoms with E-state index in [0.717, 1.165) is 11.6 Å². The van der Waals surface area contributed by atoms with Gasteiger partial charge in [-0.3, -0.25) is 0 Å². The first-order chi connectivity index (χ1) is 13.1. The summed E-state index contributed by atoms with van der Waals surface area (Å²) in [7, 11) is 0. The second kappa shape index (κ2) is 6.16. The van der Waals surface area contributed by atoms with Gasteiger partial charge in [-0.2, -0.15) is 4.52 Å². The molecule has 0 fully saturated rings. The number of nitrogens with zero attached hydrogens (tertiary/aromatic N) is 4. The summed E-state index contributed by atoms with van der Waals surface area (Å²) in [6.45, 7) is 0.218. The maximum atomic E-state index is 13.3. The lowest BCUT2D eigenvalue weighted by atomic mass is 10.1. The van der Waals surface area contributed by atoms with Crippen LogP contribution in [0.4, 0.5) is 19.6 Å². The summed E-state index contributed by atoms with van der Waals surface area (Å²) < 4.78 is 39.0. The first-order valence-corrected chi connectivity index (χ1v) is 8.78. The summed E-state index contributed by atoms with van der Waals surface area (Å²) in [6.07, 6.45) is 0.496. The summed E-state index contributed by atoms with van der Waals surface area (Å²) in [5.74, 6) is 0.723. The number of hydrogen-bond acceptors (Lipinski definition) is 7. The van der Waals surface area contributed by atoms with Crippen LogP contribution < -0.4 is 14.8 Å². The van der Waals surface area contributed by atoms with Gasteiger partial charge in [-0.15, -0.1) is 15.3 Å². The minimum atomic E-state index is -0.663. The van der Waals surface area contributed by atoms with Crippen LogP contribution in [0.25, 0.3) is 4.96 Å². The van der Waals surface area contributed by atoms with Crippen molar-refractivity contribution in [3.63, 3.8) is 0 Å². The minimum absolute atomic E-state index is 0.218. The van der Waals surface area contributed by atoms with Gasteiger partial charge in [0.1, 0.15) is 11.6 Å². The third-order valence-corrected chi connectivity index (χ3v) is 4.78. The van der Waals surface area contributed by atoms with Crippen molar-refractivity contribution >= 4 is 27.1 Å². The van der Waals surface area contributed by atoms with Crippen molar-refractivity contribution < 1.29 is 18.3 Å². The zero-order valence-corrected chi connectivity index (χ0v) is 14.5. The number of anilines is 2. The van der Waals surface area contributed by atoms with E-state index in [2.05, 4.69) is 20.6 Å². The zero-order valence-electron chi connectivity index (χ0n) is 13.6. The molecule has 10 heteroatoms. The van der Waals surface area contributed by atoms with E-state index in [1.807, 2.05) is 18.2 Å². The molecule has 0 unspecified atom stereocenters. The third-order valence-electron chi connectivity index (χ3n) is 3.97. The molecule has 0 radical (unpaired) electrons. The fourth-order valence-electron chi connectivity index (χ4n) is 2.80. The van der Waals surface area contributed by atoms with Gasteiger partial charge in [0.2, 0.25) is 16.9 Å². The lowest BCUT2D eigenvalue weighted by molar-refractivity contribution is 0.174. The summed E-state index contributed by atoms with van der Waals surface area (Å²) in [5.41, 5.74) is 1.25. The molecule has 2 aromatic heterocycles. The molecule has 1 N–H and O–H groups in total. The molecule has 0 amide bonds. The second-order valence-corrected chi connectivity index (χ2v) is 6.82. The van der Waals surface area contributed by atoms with Gasteiger partial charge in [-0.25, -0.2) is 8.78 Å². The Morgan fingerprint density at radius 2 is 1.85 bits per heavy atom. The average Bonchev–Trinajstić information content (AvgIpc) is 3.31. The van der Waals surface area contributed by atoms with E-state index in [4.69, 9.17) is 9.47 Å². The number of hydrogen-bond donors (Lipinski definition) is 1. The van der Waals surface area contributed by atoms with Crippen LogP contribution in [-0.2, 0) is 6.42 Å². The highest BCUT2D eigenvalue weighted by molar-refractivity contribution is 7.20. The Morgan fingerprint density at radius 1 is 1.04 bits per heavy atom. The van der Waals surface area contributed by atoms with Gasteiger partial charge in [-0.05, 0) is 29.8 Å². The molecule has 1 aliphatic rings. The maximum Gasteiger partial charge on any atom is 0.236 e. The Kier molecular flexibility index (Phi) is 3.64. The summed E-state index contributed by atoms with van der Waals surface area (Å²) in [4.78, 5) is 0.574. The maximum absolute atomic E-state index is 13.3. The minimum Gasteiger partial charge on any atom is -0.454 e. The van der Waals surface area contributed by atoms with Crippen molar-refractivity contribution in [1.29, 1.82) is 0 Å². The van der Waals surface area contributed by atoms with Crippen LogP contribution in [0.1, 0.15) is 11.4 Å². The van der Waals surface area contributed by atoms with Crippen molar-refractivity contribution in [2.24, 2.45) is 0 Å². The zero-order chi connectivity index (χ0) is 18.4. The highest BCUT2D eigenvalue weighted by atomic mass is 32.1. The molecule has 4 aromatic rings. The fraction of sp³-hybridized carbons (Fsp3) is 0.118. The van der Waals surface area contributed by atoms with E-state index in [0.29, 0.717) is 33.8 Å². The van der Waals surface area contributed by atoms with Gasteiger partial charge >= 0.3 is 0 Å². The summed E-state index contributed by atoms with van der Waals surface area (Å²) >= 11 is 1.23. The van der Waals surface area contributed by atoms with Crippen LogP contribution in [0.3, 0.4) is 0 Å². The number of halogens is 2. The molecule has 0 saturated heterocycles. The molecule has 136 valence electrons. The van der Waals surface area contributed by atoms with Crippen molar-refractivity contribution in [3.05, 3.63) is 59.4 Å². The molecule has 0 saturated carbocycles. The quantitative estimate of drug-likeness (QED) is 0.578. The standard InChI is InChI=1S/C17H11F2N5O2S/c18-10-5-11(19)7-12(6-10)20-16-23-24-15(21-22-17(24)27-16)4-9-1-2-13-14(3-9)26-8-25-13/h1-3,5-7H,4,8H2,(H,20,23). The molecule has 0 spiro atoms. The number of aromatic nitrogens is 4. The molecule has 0 bridgehead atoms. The summed E-state index contributed by atoms with van der Waals surface area (Å²) in [5, 5.41) is 16.0. The first-order valence-electron chi connectivity index (χ1n) is 7.97. The number of fused-ring (bicyclic) bond motifs is 2. The van der Waals surface area contributed by atoms with E-state index < -0.39 is 11.6 Å². The van der Waals surface area contributed by atoms with E-state index in [9.17, 15) is 8.78 Å². The molecule has 7 nitrogen and oxygen atoms in total. The molecule has 27 heavy (non-hydrogen) atoms. The van der Waals surface area contributed by atoms with Crippen LogP contribution in [0.5, 0.6) is 11.5 Å². The monoisotopic (exact) mass is 387 g/mol. The number of ether oxygens (including phenoxy) is 2. The Bertz CT molecular complexity index is 1140. The fourth-order valence-corrected chi connectivity index (χ4v) is 3.58. The van der Waals surface area contributed by atoms with Gasteiger partial charge in [0.25, 0.3) is 0 Å². The molecular formula is C17H11F2N5O2S. The lowest BCUT2D eigenvalue weighted by Crippen LogP contribution is -1.99. The van der Waals surface area contributed by atoms with Crippen molar-refractivity contribution in [2.45, 2.75) is 6.42 Å². The molecule has 0 atom stereocenters. The van der Waals surface area contributed by atoms with Crippen LogP contribution in [-0.4, -0.2) is 26.6 Å². The Labute approximate surface area is 155 Å². The SMILES string of the molecule is Fc1cc(F)cc(Nc2nn3c(Cc4ccc5c(c4)OCO5)nnc3s2)c1. The predicted octanol–water partition coefficient (Wildman–Crippen LogP) is 3.53. The molecular weight excluding hydrogens is 376 g/mol. The van der Waals surface area contributed by atoms with Gasteiger partial charge in [0.15, 0.2) is 17.3 Å². The number of rotatable bonds is 4. The van der Waals surface area contributed by atoms with Crippen LogP contribution >= 0.6 is 11.3 Å². The van der Waals surface area contributed by atoms with Crippen LogP contribution in [0.15, 0.2) is 36.4 Å². The average molecular weight is 387 g/mol. The Balaban J connectivity index is 1.41. The van der Waals surface area contributed by atoms with Gasteiger partial charge in [-0.1, -0.05) is 17.4 Å². The van der Waals surface area contributed by atoms with E-state index in [-0.39, 0.29) is 12.5 Å². The topological polar surface area (TPSA) is 73.6 Å². The Hall–Kier alpha value is -3.27. The number of nitrogens with one attached hydrogen (secondary N) is 1. The van der Waals surface area contributed by atoms with E-state index in [1.54, 1.807) is 4.52 Å². The van der Waals surface area contributed by atoms with Crippen LogP contribution in [0.2, 0.25) is 0 Å². The van der Waals surface area contributed by atoms with E-state index >= 15 is 0 Å². The third kappa shape index (κ3) is 3.04. The van der Waals surface area contributed by atoms with Crippen molar-refractivity contribution in [1.82, 2.24) is 19.8 Å². The van der Waals surface area contributed by atoms with Crippen molar-refractivity contribution in [2.75, 3.05) is 12.1 Å². The summed E-state index contributed by atoms with van der Waals surface area (Å²) in [6, 6.07) is 8.87. The second-order valence-electron chi connectivity index (χ2n) is 5.87. The molecule has 5 rings (SSSR count). The first kappa shape index (κ1) is 15.9. The highest BCUT2D eigenvalue weighted by Crippen LogP contribution is 2.33. The smallest absolute Gasteiger partial charge is 0.236 e. The molecule has 2 aromatic carbocycles. The van der Waals surface area contributed by atoms with Crippen LogP contribution in [0, 0.1) is 11.6 Å². The van der Waals surface area contributed by atoms with Gasteiger partial charge < -0.3 is 14.8 Å². The molecule has 0 aliphatic carbocycles. The highest BCUT2D eigenvalue weighted by Gasteiger charge is 2.16.